The van der Waals surface area contributed by atoms with E-state index >= 15 is 0 Å². The number of hydrogen-bond donors (Lipinski definition) is 2. The van der Waals surface area contributed by atoms with E-state index in [1.165, 1.54) is 19.1 Å². The summed E-state index contributed by atoms with van der Waals surface area (Å²) >= 11 is 3.06. The van der Waals surface area contributed by atoms with Gasteiger partial charge in [0.2, 0.25) is 5.91 Å². The second kappa shape index (κ2) is 5.07. The molecule has 0 fully saturated rings. The Morgan fingerprint density at radius 1 is 1.44 bits per heavy atom. The first-order valence-electron chi connectivity index (χ1n) is 4.46. The van der Waals surface area contributed by atoms with Crippen molar-refractivity contribution in [2.24, 2.45) is 5.73 Å². The molecule has 0 aliphatic rings. The number of nitrogens with one attached hydrogen (secondary N) is 1. The normalized spacial score (nSPS) is 11.9. The molecule has 6 heteroatoms. The maximum Gasteiger partial charge on any atom is 0.252 e. The highest BCUT2D eigenvalue weighted by molar-refractivity contribution is 9.10. The van der Waals surface area contributed by atoms with E-state index in [-0.39, 0.29) is 5.56 Å². The van der Waals surface area contributed by atoms with Gasteiger partial charge in [-0.15, -0.1) is 0 Å². The van der Waals surface area contributed by atoms with Crippen LogP contribution in [0.4, 0.5) is 4.39 Å². The predicted octanol–water partition coefficient (Wildman–Crippen LogP) is 1.19. The van der Waals surface area contributed by atoms with Crippen molar-refractivity contribution >= 4 is 27.7 Å². The second-order valence-corrected chi connectivity index (χ2v) is 4.17. The third-order valence-electron chi connectivity index (χ3n) is 1.90. The third-order valence-corrected chi connectivity index (χ3v) is 2.36. The first-order chi connectivity index (χ1) is 7.40. The minimum atomic E-state index is -0.797. The molecule has 0 radical (unpaired) electrons. The minimum Gasteiger partial charge on any atom is -0.368 e. The lowest BCUT2D eigenvalue weighted by molar-refractivity contribution is -0.119. The Morgan fingerprint density at radius 2 is 2.06 bits per heavy atom. The van der Waals surface area contributed by atoms with Crippen LogP contribution < -0.4 is 11.1 Å². The number of benzene rings is 1. The Bertz CT molecular complexity index is 417. The molecule has 4 nitrogen and oxygen atoms in total. The van der Waals surface area contributed by atoms with Gasteiger partial charge in [0.05, 0.1) is 0 Å². The topological polar surface area (TPSA) is 72.2 Å². The molecule has 0 aliphatic carbocycles. The summed E-state index contributed by atoms with van der Waals surface area (Å²) < 4.78 is 13.4. The molecule has 0 heterocycles. The van der Waals surface area contributed by atoms with Crippen LogP contribution in [0.15, 0.2) is 22.7 Å². The smallest absolute Gasteiger partial charge is 0.252 e. The van der Waals surface area contributed by atoms with E-state index in [4.69, 9.17) is 5.73 Å². The van der Waals surface area contributed by atoms with Crippen molar-refractivity contribution in [1.29, 1.82) is 0 Å². The molecule has 1 aromatic rings. The van der Waals surface area contributed by atoms with Gasteiger partial charge in [0, 0.05) is 10.0 Å². The highest BCUT2D eigenvalue weighted by atomic mass is 79.9. The molecule has 1 atom stereocenters. The summed E-state index contributed by atoms with van der Waals surface area (Å²) in [6.45, 7) is 1.45. The van der Waals surface area contributed by atoms with Crippen molar-refractivity contribution in [1.82, 2.24) is 5.32 Å². The molecule has 16 heavy (non-hydrogen) atoms. The van der Waals surface area contributed by atoms with Gasteiger partial charge in [0.25, 0.3) is 5.91 Å². The average Bonchev–Trinajstić information content (AvgIpc) is 2.15. The number of nitrogens with two attached hydrogens (primary N) is 1. The summed E-state index contributed by atoms with van der Waals surface area (Å²) in [4.78, 5) is 22.3. The van der Waals surface area contributed by atoms with Crippen LogP contribution in [0.2, 0.25) is 0 Å². The van der Waals surface area contributed by atoms with Crippen LogP contribution in [-0.2, 0) is 4.79 Å². The molecule has 0 spiro atoms. The van der Waals surface area contributed by atoms with E-state index in [9.17, 15) is 14.0 Å². The fourth-order valence-electron chi connectivity index (χ4n) is 1.04. The predicted molar refractivity (Wildman–Crippen MR) is 60.2 cm³/mol. The lowest BCUT2D eigenvalue weighted by atomic mass is 10.2. The molecule has 0 aliphatic heterocycles. The number of rotatable bonds is 3. The molecule has 0 saturated heterocycles. The van der Waals surface area contributed by atoms with Crippen molar-refractivity contribution in [2.45, 2.75) is 13.0 Å². The zero-order chi connectivity index (χ0) is 12.3. The largest absolute Gasteiger partial charge is 0.368 e. The maximum atomic E-state index is 13.0. The summed E-state index contributed by atoms with van der Waals surface area (Å²) in [5, 5.41) is 2.35. The molecule has 0 aromatic heterocycles. The van der Waals surface area contributed by atoms with E-state index in [0.29, 0.717) is 4.47 Å². The van der Waals surface area contributed by atoms with Crippen LogP contribution >= 0.6 is 15.9 Å². The number of primary amides is 1. The molecule has 1 aromatic carbocycles. The van der Waals surface area contributed by atoms with E-state index in [0.717, 1.165) is 6.07 Å². The number of carbonyl (C=O) groups is 2. The van der Waals surface area contributed by atoms with Crippen LogP contribution in [-0.4, -0.2) is 17.9 Å². The highest BCUT2D eigenvalue weighted by Crippen LogP contribution is 2.14. The van der Waals surface area contributed by atoms with Crippen LogP contribution in [0.5, 0.6) is 0 Å². The fourth-order valence-corrected chi connectivity index (χ4v) is 1.50. The molecule has 3 N–H and O–H groups in total. The molecule has 0 bridgehead atoms. The van der Waals surface area contributed by atoms with Gasteiger partial charge in [-0.3, -0.25) is 9.59 Å². The van der Waals surface area contributed by atoms with Gasteiger partial charge in [-0.2, -0.15) is 0 Å². The van der Waals surface area contributed by atoms with Gasteiger partial charge < -0.3 is 11.1 Å². The number of carbonyl (C=O) groups excluding carboxylic acids is 2. The zero-order valence-electron chi connectivity index (χ0n) is 8.46. The average molecular weight is 289 g/mol. The molecule has 0 unspecified atom stereocenters. The zero-order valence-corrected chi connectivity index (χ0v) is 10.0. The molecule has 86 valence electrons. The Labute approximate surface area is 100 Å². The first kappa shape index (κ1) is 12.6. The summed E-state index contributed by atoms with van der Waals surface area (Å²) in [5.41, 5.74) is 5.11. The lowest BCUT2D eigenvalue weighted by Gasteiger charge is -2.10. The molecule has 0 saturated carbocycles. The molecular weight excluding hydrogens is 279 g/mol. The van der Waals surface area contributed by atoms with Crippen LogP contribution in [0, 0.1) is 5.82 Å². The van der Waals surface area contributed by atoms with Gasteiger partial charge in [-0.25, -0.2) is 4.39 Å². The van der Waals surface area contributed by atoms with Crippen LogP contribution in [0.3, 0.4) is 0 Å². The highest BCUT2D eigenvalue weighted by Gasteiger charge is 2.14. The summed E-state index contributed by atoms with van der Waals surface area (Å²) in [5.74, 6) is -1.73. The molecule has 1 rings (SSSR count). The van der Waals surface area contributed by atoms with Gasteiger partial charge in [-0.1, -0.05) is 15.9 Å². The Morgan fingerprint density at radius 3 is 2.56 bits per heavy atom. The maximum absolute atomic E-state index is 13.0. The Hall–Kier alpha value is -1.43. The quantitative estimate of drug-likeness (QED) is 0.877. The van der Waals surface area contributed by atoms with E-state index < -0.39 is 23.7 Å². The van der Waals surface area contributed by atoms with Crippen molar-refractivity contribution in [2.75, 3.05) is 0 Å². The van der Waals surface area contributed by atoms with E-state index in [1.807, 2.05) is 0 Å². The van der Waals surface area contributed by atoms with Gasteiger partial charge in [0.1, 0.15) is 11.9 Å². The summed E-state index contributed by atoms with van der Waals surface area (Å²) in [6.07, 6.45) is 0. The van der Waals surface area contributed by atoms with Crippen molar-refractivity contribution in [3.8, 4) is 0 Å². The lowest BCUT2D eigenvalue weighted by Crippen LogP contribution is -2.42. The van der Waals surface area contributed by atoms with Gasteiger partial charge >= 0.3 is 0 Å². The van der Waals surface area contributed by atoms with Gasteiger partial charge in [0.15, 0.2) is 0 Å². The fraction of sp³-hybridized carbons (Fsp3) is 0.200. The monoisotopic (exact) mass is 288 g/mol. The van der Waals surface area contributed by atoms with Crippen LogP contribution in [0.1, 0.15) is 17.3 Å². The van der Waals surface area contributed by atoms with Crippen molar-refractivity contribution in [3.63, 3.8) is 0 Å². The number of amides is 2. The third kappa shape index (κ3) is 3.30. The van der Waals surface area contributed by atoms with Crippen LogP contribution in [0.25, 0.3) is 0 Å². The minimum absolute atomic E-state index is 0.125. The van der Waals surface area contributed by atoms with E-state index in [1.54, 1.807) is 0 Å². The standard InChI is InChI=1S/C10H10BrFN2O2/c1-5(9(13)15)14-10(16)6-2-7(11)4-8(12)3-6/h2-5H,1H3,(H2,13,15)(H,14,16)/t5-/m1/s1. The molecular formula is C10H10BrFN2O2. The van der Waals surface area contributed by atoms with Gasteiger partial charge in [-0.05, 0) is 25.1 Å². The number of hydrogen-bond acceptors (Lipinski definition) is 2. The van der Waals surface area contributed by atoms with E-state index in [2.05, 4.69) is 21.2 Å². The van der Waals surface area contributed by atoms with Crippen molar-refractivity contribution < 1.29 is 14.0 Å². The summed E-state index contributed by atoms with van der Waals surface area (Å²) in [6, 6.07) is 2.96. The Balaban J connectivity index is 2.84. The second-order valence-electron chi connectivity index (χ2n) is 3.26. The number of halogens is 2. The SMILES string of the molecule is C[C@@H](NC(=O)c1cc(F)cc(Br)c1)C(N)=O. The summed E-state index contributed by atoms with van der Waals surface area (Å²) in [7, 11) is 0. The first-order valence-corrected chi connectivity index (χ1v) is 5.25. The molecule has 2 amide bonds. The Kier molecular flexibility index (Phi) is 4.00. The van der Waals surface area contributed by atoms with Crippen molar-refractivity contribution in [3.05, 3.63) is 34.1 Å².